The van der Waals surface area contributed by atoms with Crippen molar-refractivity contribution in [1.82, 2.24) is 0 Å². The Morgan fingerprint density at radius 2 is 1.83 bits per heavy atom. The standard InChI is InChI=1S/C14H18F3N/c1-12(2)11(8-18)13(12,3)9-5-4-6-10(7-9)14(15,16)17/h4-7,11H,8,18H2,1-3H3. The molecule has 2 rings (SSSR count). The summed E-state index contributed by atoms with van der Waals surface area (Å²) in [4.78, 5) is 0. The summed E-state index contributed by atoms with van der Waals surface area (Å²) < 4.78 is 38.2. The molecule has 1 aliphatic carbocycles. The van der Waals surface area contributed by atoms with E-state index >= 15 is 0 Å². The van der Waals surface area contributed by atoms with Crippen LogP contribution in [0.4, 0.5) is 13.2 Å². The number of benzene rings is 1. The Morgan fingerprint density at radius 1 is 1.22 bits per heavy atom. The van der Waals surface area contributed by atoms with Crippen molar-refractivity contribution in [2.24, 2.45) is 17.1 Å². The van der Waals surface area contributed by atoms with Crippen molar-refractivity contribution >= 4 is 0 Å². The molecule has 0 heterocycles. The van der Waals surface area contributed by atoms with Crippen LogP contribution in [-0.4, -0.2) is 6.54 Å². The van der Waals surface area contributed by atoms with Crippen LogP contribution in [0.25, 0.3) is 0 Å². The molecule has 0 aliphatic heterocycles. The fourth-order valence-corrected chi connectivity index (χ4v) is 3.22. The number of hydrogen-bond donors (Lipinski definition) is 1. The van der Waals surface area contributed by atoms with Gasteiger partial charge in [0.2, 0.25) is 0 Å². The van der Waals surface area contributed by atoms with Gasteiger partial charge in [0.15, 0.2) is 0 Å². The van der Waals surface area contributed by atoms with E-state index in [-0.39, 0.29) is 16.7 Å². The third kappa shape index (κ3) is 1.66. The van der Waals surface area contributed by atoms with Crippen LogP contribution in [-0.2, 0) is 11.6 Å². The lowest BCUT2D eigenvalue weighted by Gasteiger charge is -2.17. The molecule has 0 amide bonds. The van der Waals surface area contributed by atoms with Crippen molar-refractivity contribution in [1.29, 1.82) is 0 Å². The van der Waals surface area contributed by atoms with Crippen molar-refractivity contribution in [2.45, 2.75) is 32.4 Å². The monoisotopic (exact) mass is 257 g/mol. The molecule has 1 aromatic rings. The normalized spacial score (nSPS) is 30.3. The van der Waals surface area contributed by atoms with Crippen LogP contribution in [0, 0.1) is 11.3 Å². The molecular weight excluding hydrogens is 239 g/mol. The summed E-state index contributed by atoms with van der Waals surface area (Å²) in [6.07, 6.45) is -4.29. The molecule has 1 aromatic carbocycles. The van der Waals surface area contributed by atoms with Gasteiger partial charge in [0.1, 0.15) is 0 Å². The first-order chi connectivity index (χ1) is 8.15. The van der Waals surface area contributed by atoms with Gasteiger partial charge in [0.05, 0.1) is 5.56 Å². The molecular formula is C14H18F3N. The van der Waals surface area contributed by atoms with Gasteiger partial charge in [0, 0.05) is 5.41 Å². The number of halogens is 3. The van der Waals surface area contributed by atoms with E-state index in [1.165, 1.54) is 12.1 Å². The molecule has 0 aromatic heterocycles. The highest BCUT2D eigenvalue weighted by molar-refractivity contribution is 5.41. The SMILES string of the molecule is CC1(C)C(CN)C1(C)c1cccc(C(F)(F)F)c1. The number of nitrogens with two attached hydrogens (primary N) is 1. The lowest BCUT2D eigenvalue weighted by atomic mass is 9.88. The van der Waals surface area contributed by atoms with Crippen molar-refractivity contribution < 1.29 is 13.2 Å². The third-order valence-electron chi connectivity index (χ3n) is 4.85. The second-order valence-electron chi connectivity index (χ2n) is 5.79. The maximum absolute atomic E-state index is 12.7. The van der Waals surface area contributed by atoms with Crippen LogP contribution >= 0.6 is 0 Å². The van der Waals surface area contributed by atoms with Gasteiger partial charge in [-0.05, 0) is 29.5 Å². The first-order valence-corrected chi connectivity index (χ1v) is 6.03. The van der Waals surface area contributed by atoms with Gasteiger partial charge in [-0.15, -0.1) is 0 Å². The van der Waals surface area contributed by atoms with Crippen LogP contribution in [0.15, 0.2) is 24.3 Å². The second-order valence-corrected chi connectivity index (χ2v) is 5.79. The van der Waals surface area contributed by atoms with E-state index < -0.39 is 11.7 Å². The van der Waals surface area contributed by atoms with Crippen LogP contribution in [0.1, 0.15) is 31.9 Å². The minimum absolute atomic E-state index is 0.0496. The quantitative estimate of drug-likeness (QED) is 0.861. The Balaban J connectivity index is 2.43. The van der Waals surface area contributed by atoms with Crippen molar-refractivity contribution in [3.05, 3.63) is 35.4 Å². The summed E-state index contributed by atoms with van der Waals surface area (Å²) >= 11 is 0. The summed E-state index contributed by atoms with van der Waals surface area (Å²) in [5.74, 6) is 0.230. The Morgan fingerprint density at radius 3 is 2.28 bits per heavy atom. The average Bonchev–Trinajstić information content (AvgIpc) is 2.72. The zero-order valence-electron chi connectivity index (χ0n) is 10.8. The Hall–Kier alpha value is -1.03. The molecule has 18 heavy (non-hydrogen) atoms. The zero-order valence-corrected chi connectivity index (χ0v) is 10.8. The van der Waals surface area contributed by atoms with Crippen molar-refractivity contribution in [2.75, 3.05) is 6.54 Å². The molecule has 0 spiro atoms. The first kappa shape index (κ1) is 13.4. The topological polar surface area (TPSA) is 26.0 Å². The summed E-state index contributed by atoms with van der Waals surface area (Å²) in [5.41, 5.74) is 5.56. The zero-order chi connectivity index (χ0) is 13.8. The summed E-state index contributed by atoms with van der Waals surface area (Å²) in [6, 6.07) is 5.62. The maximum atomic E-state index is 12.7. The Bertz CT molecular complexity index is 464. The van der Waals surface area contributed by atoms with Crippen LogP contribution < -0.4 is 5.73 Å². The number of rotatable bonds is 2. The maximum Gasteiger partial charge on any atom is 0.416 e. The predicted octanol–water partition coefficient (Wildman–Crippen LogP) is 3.58. The van der Waals surface area contributed by atoms with Gasteiger partial charge in [-0.1, -0.05) is 39.0 Å². The van der Waals surface area contributed by atoms with Gasteiger partial charge in [-0.3, -0.25) is 0 Å². The molecule has 1 nitrogen and oxygen atoms in total. The molecule has 1 fully saturated rings. The third-order valence-corrected chi connectivity index (χ3v) is 4.85. The van der Waals surface area contributed by atoms with E-state index in [0.717, 1.165) is 11.6 Å². The van der Waals surface area contributed by atoms with Crippen LogP contribution in [0.3, 0.4) is 0 Å². The van der Waals surface area contributed by atoms with E-state index in [1.54, 1.807) is 6.07 Å². The molecule has 0 saturated heterocycles. The van der Waals surface area contributed by atoms with Gasteiger partial charge < -0.3 is 5.73 Å². The van der Waals surface area contributed by atoms with E-state index in [9.17, 15) is 13.2 Å². The molecule has 1 aliphatic rings. The highest BCUT2D eigenvalue weighted by Crippen LogP contribution is 2.68. The van der Waals surface area contributed by atoms with Crippen LogP contribution in [0.5, 0.6) is 0 Å². The second kappa shape index (κ2) is 3.73. The summed E-state index contributed by atoms with van der Waals surface area (Å²) in [7, 11) is 0. The fourth-order valence-electron chi connectivity index (χ4n) is 3.22. The first-order valence-electron chi connectivity index (χ1n) is 6.03. The molecule has 1 saturated carbocycles. The Labute approximate surface area is 105 Å². The van der Waals surface area contributed by atoms with E-state index in [2.05, 4.69) is 13.8 Å². The highest BCUT2D eigenvalue weighted by Gasteiger charge is 2.67. The smallest absolute Gasteiger partial charge is 0.330 e. The minimum Gasteiger partial charge on any atom is -0.330 e. The number of alkyl halides is 3. The van der Waals surface area contributed by atoms with Gasteiger partial charge in [-0.2, -0.15) is 13.2 Å². The molecule has 2 N–H and O–H groups in total. The van der Waals surface area contributed by atoms with Crippen molar-refractivity contribution in [3.63, 3.8) is 0 Å². The minimum atomic E-state index is -4.29. The van der Waals surface area contributed by atoms with E-state index in [4.69, 9.17) is 5.73 Å². The molecule has 100 valence electrons. The van der Waals surface area contributed by atoms with Crippen molar-refractivity contribution in [3.8, 4) is 0 Å². The summed E-state index contributed by atoms with van der Waals surface area (Å²) in [5, 5.41) is 0. The molecule has 0 bridgehead atoms. The average molecular weight is 257 g/mol. The molecule has 4 heteroatoms. The fraction of sp³-hybridized carbons (Fsp3) is 0.571. The number of hydrogen-bond acceptors (Lipinski definition) is 1. The molecule has 0 radical (unpaired) electrons. The highest BCUT2D eigenvalue weighted by atomic mass is 19.4. The lowest BCUT2D eigenvalue weighted by molar-refractivity contribution is -0.137. The van der Waals surface area contributed by atoms with Gasteiger partial charge >= 0.3 is 6.18 Å². The van der Waals surface area contributed by atoms with Gasteiger partial charge in [0.25, 0.3) is 0 Å². The largest absolute Gasteiger partial charge is 0.416 e. The van der Waals surface area contributed by atoms with E-state index in [0.29, 0.717) is 6.54 Å². The van der Waals surface area contributed by atoms with E-state index in [1.807, 2.05) is 6.92 Å². The lowest BCUT2D eigenvalue weighted by Crippen LogP contribution is -2.14. The van der Waals surface area contributed by atoms with Gasteiger partial charge in [-0.25, -0.2) is 0 Å². The van der Waals surface area contributed by atoms with Crippen LogP contribution in [0.2, 0.25) is 0 Å². The molecule has 2 unspecified atom stereocenters. The summed E-state index contributed by atoms with van der Waals surface area (Å²) in [6.45, 7) is 6.62. The molecule has 2 atom stereocenters. The predicted molar refractivity (Wildman–Crippen MR) is 65.1 cm³/mol. The Kier molecular flexibility index (Phi) is 2.78.